The summed E-state index contributed by atoms with van der Waals surface area (Å²) in [5.74, 6) is 0.0506. The Kier molecular flexibility index (Phi) is 4.04. The first-order valence-corrected chi connectivity index (χ1v) is 6.84. The molecule has 1 aromatic rings. The third kappa shape index (κ3) is 2.56. The fourth-order valence-electron chi connectivity index (χ4n) is 2.71. The fourth-order valence-corrected chi connectivity index (χ4v) is 2.88. The molecule has 1 heterocycles. The van der Waals surface area contributed by atoms with Crippen LogP contribution in [0.2, 0.25) is 0 Å². The first kappa shape index (κ1) is 13.8. The van der Waals surface area contributed by atoms with E-state index in [2.05, 4.69) is 10.2 Å². The number of anilines is 1. The van der Waals surface area contributed by atoms with E-state index in [1.165, 1.54) is 0 Å². The number of nitrogens with two attached hydrogens (primary N) is 1. The summed E-state index contributed by atoms with van der Waals surface area (Å²) in [6, 6.07) is 5.76. The number of nitrogens with zero attached hydrogens (tertiary/aromatic N) is 1. The number of nitrogens with one attached hydrogen (secondary N) is 1. The van der Waals surface area contributed by atoms with Gasteiger partial charge in [0.15, 0.2) is 0 Å². The van der Waals surface area contributed by atoms with E-state index in [0.717, 1.165) is 36.2 Å². The molecule has 0 radical (unpaired) electrons. The minimum atomic E-state index is -0.126. The summed E-state index contributed by atoms with van der Waals surface area (Å²) >= 11 is 5.13. The van der Waals surface area contributed by atoms with Crippen LogP contribution in [0.15, 0.2) is 18.2 Å². The van der Waals surface area contributed by atoms with Gasteiger partial charge in [0.1, 0.15) is 11.0 Å². The van der Waals surface area contributed by atoms with Gasteiger partial charge in [0.05, 0.1) is 5.69 Å². The lowest BCUT2D eigenvalue weighted by molar-refractivity contribution is -0.121. The number of carbonyl (C=O) groups excluding carboxylic acids is 1. The smallest absolute Gasteiger partial charge is 0.242 e. The number of hydrogen-bond acceptors (Lipinski definition) is 3. The van der Waals surface area contributed by atoms with Crippen LogP contribution in [0.25, 0.3) is 0 Å². The molecule has 0 spiro atoms. The lowest BCUT2D eigenvalue weighted by Gasteiger charge is -2.29. The molecule has 19 heavy (non-hydrogen) atoms. The molecule has 3 N–H and O–H groups in total. The van der Waals surface area contributed by atoms with E-state index < -0.39 is 0 Å². The second kappa shape index (κ2) is 5.57. The van der Waals surface area contributed by atoms with Crippen molar-refractivity contribution in [1.29, 1.82) is 0 Å². The van der Waals surface area contributed by atoms with Gasteiger partial charge in [-0.2, -0.15) is 0 Å². The van der Waals surface area contributed by atoms with Gasteiger partial charge in [-0.05, 0) is 31.4 Å². The van der Waals surface area contributed by atoms with E-state index >= 15 is 0 Å². The largest absolute Gasteiger partial charge is 0.389 e. The average Bonchev–Trinajstić information content (AvgIpc) is 2.86. The number of likely N-dealkylation sites (N-methyl/N-ethyl adjacent to an activating group) is 1. The summed E-state index contributed by atoms with van der Waals surface area (Å²) in [7, 11) is 1.67. The first-order chi connectivity index (χ1) is 9.06. The number of para-hydroxylation sites is 1. The lowest BCUT2D eigenvalue weighted by atomic mass is 10.1. The number of rotatable bonds is 3. The normalized spacial score (nSPS) is 18.4. The van der Waals surface area contributed by atoms with Crippen LogP contribution >= 0.6 is 12.2 Å². The molecular formula is C14H19N3OS. The van der Waals surface area contributed by atoms with E-state index in [1.54, 1.807) is 7.05 Å². The second-order valence-electron chi connectivity index (χ2n) is 4.80. The minimum absolute atomic E-state index is 0.0506. The summed E-state index contributed by atoms with van der Waals surface area (Å²) in [6.45, 7) is 2.88. The van der Waals surface area contributed by atoms with E-state index in [9.17, 15) is 4.79 Å². The molecular weight excluding hydrogens is 258 g/mol. The van der Waals surface area contributed by atoms with Crippen molar-refractivity contribution in [1.82, 2.24) is 5.32 Å². The molecule has 0 bridgehead atoms. The number of hydrogen-bond donors (Lipinski definition) is 2. The van der Waals surface area contributed by atoms with Crippen LogP contribution in [0.3, 0.4) is 0 Å². The molecule has 1 aliphatic rings. The molecule has 1 unspecified atom stereocenters. The maximum Gasteiger partial charge on any atom is 0.242 e. The van der Waals surface area contributed by atoms with Crippen molar-refractivity contribution in [2.75, 3.05) is 18.5 Å². The van der Waals surface area contributed by atoms with Crippen LogP contribution in [-0.4, -0.2) is 30.5 Å². The maximum atomic E-state index is 12.0. The van der Waals surface area contributed by atoms with Gasteiger partial charge in [0.2, 0.25) is 5.91 Å². The molecule has 1 amide bonds. The van der Waals surface area contributed by atoms with Crippen molar-refractivity contribution in [2.24, 2.45) is 5.73 Å². The molecule has 1 aromatic carbocycles. The first-order valence-electron chi connectivity index (χ1n) is 6.44. The maximum absolute atomic E-state index is 12.0. The van der Waals surface area contributed by atoms with Crippen molar-refractivity contribution >= 4 is 28.8 Å². The van der Waals surface area contributed by atoms with Crippen LogP contribution in [-0.2, 0) is 4.79 Å². The zero-order chi connectivity index (χ0) is 14.0. The molecule has 0 aromatic heterocycles. The van der Waals surface area contributed by atoms with E-state index in [-0.39, 0.29) is 11.9 Å². The molecule has 5 heteroatoms. The standard InChI is InChI=1S/C14H19N3OS/c1-9-5-3-6-10(13(15)19)12(9)17-8-4-7-11(17)14(18)16-2/h3,5-6,11H,4,7-8H2,1-2H3,(H2,15,19)(H,16,18). The van der Waals surface area contributed by atoms with Gasteiger partial charge < -0.3 is 16.0 Å². The summed E-state index contributed by atoms with van der Waals surface area (Å²) in [6.07, 6.45) is 1.87. The predicted octanol–water partition coefficient (Wildman–Crippen LogP) is 1.34. The molecule has 1 fully saturated rings. The number of benzene rings is 1. The molecule has 2 rings (SSSR count). The van der Waals surface area contributed by atoms with Crippen LogP contribution in [0.5, 0.6) is 0 Å². The number of carbonyl (C=O) groups is 1. The monoisotopic (exact) mass is 277 g/mol. The SMILES string of the molecule is CNC(=O)C1CCCN1c1c(C)cccc1C(N)=S. The van der Waals surface area contributed by atoms with Crippen LogP contribution < -0.4 is 16.0 Å². The Bertz CT molecular complexity index is 515. The predicted molar refractivity (Wildman–Crippen MR) is 81.5 cm³/mol. The van der Waals surface area contributed by atoms with Crippen LogP contribution in [0, 0.1) is 6.92 Å². The molecule has 4 nitrogen and oxygen atoms in total. The van der Waals surface area contributed by atoms with Crippen molar-refractivity contribution in [3.8, 4) is 0 Å². The van der Waals surface area contributed by atoms with Gasteiger partial charge in [0.25, 0.3) is 0 Å². The second-order valence-corrected chi connectivity index (χ2v) is 5.24. The Balaban J connectivity index is 2.46. The molecule has 0 aliphatic carbocycles. The van der Waals surface area contributed by atoms with Gasteiger partial charge in [0, 0.05) is 19.2 Å². The highest BCUT2D eigenvalue weighted by molar-refractivity contribution is 7.80. The highest BCUT2D eigenvalue weighted by Gasteiger charge is 2.32. The quantitative estimate of drug-likeness (QED) is 0.819. The topological polar surface area (TPSA) is 58.4 Å². The highest BCUT2D eigenvalue weighted by Crippen LogP contribution is 2.31. The van der Waals surface area contributed by atoms with E-state index in [0.29, 0.717) is 4.99 Å². The lowest BCUT2D eigenvalue weighted by Crippen LogP contribution is -2.43. The van der Waals surface area contributed by atoms with Crippen molar-refractivity contribution in [3.63, 3.8) is 0 Å². The van der Waals surface area contributed by atoms with E-state index in [4.69, 9.17) is 18.0 Å². The third-order valence-electron chi connectivity index (χ3n) is 3.59. The Morgan fingerprint density at radius 1 is 1.53 bits per heavy atom. The number of thiocarbonyl (C=S) groups is 1. The number of aryl methyl sites for hydroxylation is 1. The molecule has 0 saturated carbocycles. The molecule has 1 atom stereocenters. The molecule has 1 aliphatic heterocycles. The van der Waals surface area contributed by atoms with Crippen molar-refractivity contribution in [3.05, 3.63) is 29.3 Å². The molecule has 1 saturated heterocycles. The minimum Gasteiger partial charge on any atom is -0.389 e. The highest BCUT2D eigenvalue weighted by atomic mass is 32.1. The zero-order valence-corrected chi connectivity index (χ0v) is 12.1. The summed E-state index contributed by atoms with van der Waals surface area (Å²) in [5.41, 5.74) is 8.76. The van der Waals surface area contributed by atoms with Crippen LogP contribution in [0.1, 0.15) is 24.0 Å². The summed E-state index contributed by atoms with van der Waals surface area (Å²) < 4.78 is 0. The van der Waals surface area contributed by atoms with Gasteiger partial charge in [-0.15, -0.1) is 0 Å². The Morgan fingerprint density at radius 2 is 2.26 bits per heavy atom. The summed E-state index contributed by atoms with van der Waals surface area (Å²) in [4.78, 5) is 14.5. The Hall–Kier alpha value is -1.62. The van der Waals surface area contributed by atoms with Crippen LogP contribution in [0.4, 0.5) is 5.69 Å². The molecule has 102 valence electrons. The van der Waals surface area contributed by atoms with Gasteiger partial charge in [-0.25, -0.2) is 0 Å². The van der Waals surface area contributed by atoms with Gasteiger partial charge >= 0.3 is 0 Å². The van der Waals surface area contributed by atoms with Crippen molar-refractivity contribution in [2.45, 2.75) is 25.8 Å². The third-order valence-corrected chi connectivity index (χ3v) is 3.81. The average molecular weight is 277 g/mol. The summed E-state index contributed by atoms with van der Waals surface area (Å²) in [5, 5.41) is 2.73. The van der Waals surface area contributed by atoms with E-state index in [1.807, 2.05) is 25.1 Å². The Morgan fingerprint density at radius 3 is 2.89 bits per heavy atom. The zero-order valence-electron chi connectivity index (χ0n) is 11.3. The van der Waals surface area contributed by atoms with Crippen molar-refractivity contribution < 1.29 is 4.79 Å². The number of amides is 1. The van der Waals surface area contributed by atoms with Gasteiger partial charge in [-0.1, -0.05) is 24.4 Å². The van der Waals surface area contributed by atoms with Gasteiger partial charge in [-0.3, -0.25) is 4.79 Å². The Labute approximate surface area is 119 Å². The fraction of sp³-hybridized carbons (Fsp3) is 0.429.